The van der Waals surface area contributed by atoms with Gasteiger partial charge < -0.3 is 10.1 Å². The van der Waals surface area contributed by atoms with E-state index in [2.05, 4.69) is 26.3 Å². The monoisotopic (exact) mass is 443 g/mol. The Morgan fingerprint density at radius 3 is 2.56 bits per heavy atom. The fourth-order valence-corrected chi connectivity index (χ4v) is 2.36. The van der Waals surface area contributed by atoms with Gasteiger partial charge in [0.1, 0.15) is 5.75 Å². The minimum absolute atomic E-state index is 0.164. The van der Waals surface area contributed by atoms with E-state index in [-0.39, 0.29) is 5.69 Å². The molecule has 2 N–H and O–H groups in total. The van der Waals surface area contributed by atoms with E-state index in [1.165, 1.54) is 19.4 Å². The maximum absolute atomic E-state index is 12.7. The molecule has 0 atom stereocenters. The molecular weight excluding hydrogens is 431 g/mol. The normalized spacial score (nSPS) is 11.3. The van der Waals surface area contributed by atoms with Gasteiger partial charge in [-0.3, -0.25) is 9.59 Å². The first-order chi connectivity index (χ1) is 12.7. The zero-order valence-electron chi connectivity index (χ0n) is 13.8. The molecule has 0 saturated heterocycles. The molecular formula is C17H13BrF3N3O3. The van der Waals surface area contributed by atoms with Gasteiger partial charge in [0.05, 0.1) is 18.9 Å². The van der Waals surface area contributed by atoms with Crippen LogP contribution in [-0.2, 0) is 15.8 Å². The van der Waals surface area contributed by atoms with Crippen LogP contribution in [0, 0.1) is 0 Å². The summed E-state index contributed by atoms with van der Waals surface area (Å²) in [5.74, 6) is -1.81. The first-order valence-electron chi connectivity index (χ1n) is 7.36. The average molecular weight is 444 g/mol. The molecule has 0 aromatic heterocycles. The molecule has 2 rings (SSSR count). The number of hydrazone groups is 1. The topological polar surface area (TPSA) is 79.8 Å². The molecule has 10 heteroatoms. The van der Waals surface area contributed by atoms with E-state index in [4.69, 9.17) is 4.74 Å². The van der Waals surface area contributed by atoms with Gasteiger partial charge in [0.25, 0.3) is 0 Å². The minimum Gasteiger partial charge on any atom is -0.496 e. The number of anilines is 1. The number of methoxy groups -OCH3 is 1. The number of benzene rings is 2. The Labute approximate surface area is 160 Å². The van der Waals surface area contributed by atoms with E-state index >= 15 is 0 Å². The van der Waals surface area contributed by atoms with Crippen LogP contribution in [0.3, 0.4) is 0 Å². The second kappa shape index (κ2) is 8.67. The fourth-order valence-electron chi connectivity index (χ4n) is 1.98. The van der Waals surface area contributed by atoms with Gasteiger partial charge in [0.15, 0.2) is 0 Å². The third-order valence-corrected chi connectivity index (χ3v) is 3.71. The van der Waals surface area contributed by atoms with Crippen LogP contribution in [-0.4, -0.2) is 25.1 Å². The van der Waals surface area contributed by atoms with Gasteiger partial charge in [-0.1, -0.05) is 22.0 Å². The van der Waals surface area contributed by atoms with Crippen LogP contribution in [0.15, 0.2) is 52.0 Å². The average Bonchev–Trinajstić information content (AvgIpc) is 2.61. The van der Waals surface area contributed by atoms with Crippen LogP contribution in [0.1, 0.15) is 11.1 Å². The van der Waals surface area contributed by atoms with Crippen molar-refractivity contribution in [3.05, 3.63) is 58.1 Å². The number of rotatable bonds is 4. The number of nitrogens with zero attached hydrogens (tertiary/aromatic N) is 1. The molecule has 0 spiro atoms. The minimum atomic E-state index is -4.56. The number of hydrogen-bond acceptors (Lipinski definition) is 4. The lowest BCUT2D eigenvalue weighted by Crippen LogP contribution is -2.32. The first kappa shape index (κ1) is 20.4. The summed E-state index contributed by atoms with van der Waals surface area (Å²) in [6.07, 6.45) is -3.30. The van der Waals surface area contributed by atoms with Crippen LogP contribution in [0.2, 0.25) is 0 Å². The Bertz CT molecular complexity index is 885. The predicted molar refractivity (Wildman–Crippen MR) is 96.5 cm³/mol. The van der Waals surface area contributed by atoms with Crippen molar-refractivity contribution in [2.75, 3.05) is 12.4 Å². The molecule has 0 saturated carbocycles. The number of carbonyl (C=O) groups is 2. The highest BCUT2D eigenvalue weighted by molar-refractivity contribution is 9.10. The van der Waals surface area contributed by atoms with Crippen molar-refractivity contribution < 1.29 is 27.5 Å². The molecule has 2 aromatic carbocycles. The standard InChI is InChI=1S/C17H13BrF3N3O3/c1-27-14-6-5-12(18)7-10(14)9-22-24-16(26)15(25)23-13-4-2-3-11(8-13)17(19,20)21/h2-9H,1H3,(H,23,25)(H,24,26). The van der Waals surface area contributed by atoms with E-state index in [0.29, 0.717) is 11.3 Å². The molecule has 2 amide bonds. The maximum atomic E-state index is 12.7. The molecule has 27 heavy (non-hydrogen) atoms. The number of alkyl halides is 3. The second-order valence-corrected chi connectivity index (χ2v) is 6.03. The zero-order chi connectivity index (χ0) is 20.0. The van der Waals surface area contributed by atoms with Gasteiger partial charge >= 0.3 is 18.0 Å². The summed E-state index contributed by atoms with van der Waals surface area (Å²) in [5.41, 5.74) is 1.42. The number of nitrogens with one attached hydrogen (secondary N) is 2. The van der Waals surface area contributed by atoms with Gasteiger partial charge in [-0.2, -0.15) is 18.3 Å². The van der Waals surface area contributed by atoms with E-state index in [0.717, 1.165) is 22.7 Å². The fraction of sp³-hybridized carbons (Fsp3) is 0.118. The highest BCUT2D eigenvalue weighted by Gasteiger charge is 2.30. The zero-order valence-corrected chi connectivity index (χ0v) is 15.4. The molecule has 0 unspecified atom stereocenters. The molecule has 0 aliphatic carbocycles. The molecule has 0 bridgehead atoms. The van der Waals surface area contributed by atoms with Crippen LogP contribution < -0.4 is 15.5 Å². The molecule has 0 radical (unpaired) electrons. The molecule has 0 aliphatic rings. The summed E-state index contributed by atoms with van der Waals surface area (Å²) in [4.78, 5) is 23.5. The van der Waals surface area contributed by atoms with E-state index in [1.54, 1.807) is 18.2 Å². The molecule has 0 fully saturated rings. The van der Waals surface area contributed by atoms with Crippen molar-refractivity contribution >= 4 is 39.6 Å². The van der Waals surface area contributed by atoms with Crippen LogP contribution >= 0.6 is 15.9 Å². The molecule has 0 aliphatic heterocycles. The largest absolute Gasteiger partial charge is 0.496 e. The van der Waals surface area contributed by atoms with Crippen molar-refractivity contribution in [3.63, 3.8) is 0 Å². The first-order valence-corrected chi connectivity index (χ1v) is 8.15. The van der Waals surface area contributed by atoms with Gasteiger partial charge in [-0.05, 0) is 36.4 Å². The Morgan fingerprint density at radius 2 is 1.89 bits per heavy atom. The molecule has 142 valence electrons. The third-order valence-electron chi connectivity index (χ3n) is 3.22. The number of amides is 2. The number of ether oxygens (including phenoxy) is 1. The molecule has 2 aromatic rings. The lowest BCUT2D eigenvalue weighted by Gasteiger charge is -2.09. The van der Waals surface area contributed by atoms with Gasteiger partial charge in [-0.25, -0.2) is 5.43 Å². The summed E-state index contributed by atoms with van der Waals surface area (Å²) >= 11 is 3.28. The summed E-state index contributed by atoms with van der Waals surface area (Å²) in [7, 11) is 1.46. The molecule has 0 heterocycles. The van der Waals surface area contributed by atoms with Crippen LogP contribution in [0.4, 0.5) is 18.9 Å². The Hall–Kier alpha value is -2.88. The predicted octanol–water partition coefficient (Wildman–Crippen LogP) is 3.57. The quantitative estimate of drug-likeness (QED) is 0.430. The van der Waals surface area contributed by atoms with E-state index in [1.807, 2.05) is 5.43 Å². The van der Waals surface area contributed by atoms with Crippen molar-refractivity contribution in [3.8, 4) is 5.75 Å². The Kier molecular flexibility index (Phi) is 6.56. The van der Waals surface area contributed by atoms with E-state index in [9.17, 15) is 22.8 Å². The van der Waals surface area contributed by atoms with Crippen LogP contribution in [0.5, 0.6) is 5.75 Å². The third kappa shape index (κ3) is 5.81. The van der Waals surface area contributed by atoms with E-state index < -0.39 is 23.6 Å². The SMILES string of the molecule is COc1ccc(Br)cc1C=NNC(=O)C(=O)Nc1cccc(C(F)(F)F)c1. The second-order valence-electron chi connectivity index (χ2n) is 5.12. The molecule has 6 nitrogen and oxygen atoms in total. The van der Waals surface area contributed by atoms with Crippen molar-refractivity contribution in [2.45, 2.75) is 6.18 Å². The highest BCUT2D eigenvalue weighted by Crippen LogP contribution is 2.30. The number of halogens is 4. The Balaban J connectivity index is 2.01. The number of carbonyl (C=O) groups excluding carboxylic acids is 2. The number of hydrogen-bond donors (Lipinski definition) is 2. The lowest BCUT2D eigenvalue weighted by atomic mass is 10.2. The summed E-state index contributed by atoms with van der Waals surface area (Å²) in [6, 6.07) is 9.03. The van der Waals surface area contributed by atoms with Crippen molar-refractivity contribution in [1.29, 1.82) is 0 Å². The summed E-state index contributed by atoms with van der Waals surface area (Å²) < 4.78 is 43.8. The smallest absolute Gasteiger partial charge is 0.416 e. The van der Waals surface area contributed by atoms with Gasteiger partial charge in [-0.15, -0.1) is 0 Å². The van der Waals surface area contributed by atoms with Crippen molar-refractivity contribution in [2.24, 2.45) is 5.10 Å². The van der Waals surface area contributed by atoms with Gasteiger partial charge in [0, 0.05) is 15.7 Å². The van der Waals surface area contributed by atoms with Crippen LogP contribution in [0.25, 0.3) is 0 Å². The van der Waals surface area contributed by atoms with Crippen molar-refractivity contribution in [1.82, 2.24) is 5.43 Å². The highest BCUT2D eigenvalue weighted by atomic mass is 79.9. The maximum Gasteiger partial charge on any atom is 0.416 e. The summed E-state index contributed by atoms with van der Waals surface area (Å²) in [5, 5.41) is 5.72. The summed E-state index contributed by atoms with van der Waals surface area (Å²) in [6.45, 7) is 0. The lowest BCUT2D eigenvalue weighted by molar-refractivity contribution is -0.137. The Morgan fingerprint density at radius 1 is 1.15 bits per heavy atom. The van der Waals surface area contributed by atoms with Gasteiger partial charge in [0.2, 0.25) is 0 Å².